The Hall–Kier alpha value is -2.31. The molecule has 0 aliphatic carbocycles. The molecule has 0 radical (unpaired) electrons. The molecule has 1 aromatic heterocycles. The Morgan fingerprint density at radius 3 is 2.62 bits per heavy atom. The lowest BCUT2D eigenvalue weighted by atomic mass is 10.0. The van der Waals surface area contributed by atoms with Gasteiger partial charge in [0.1, 0.15) is 12.4 Å². The van der Waals surface area contributed by atoms with E-state index in [0.29, 0.717) is 11.7 Å². The maximum atomic E-state index is 10.4. The predicted molar refractivity (Wildman–Crippen MR) is 119 cm³/mol. The second kappa shape index (κ2) is 9.94. The summed E-state index contributed by atoms with van der Waals surface area (Å²) in [5.41, 5.74) is 3.40. The van der Waals surface area contributed by atoms with Crippen LogP contribution in [0, 0.1) is 6.92 Å². The van der Waals surface area contributed by atoms with Crippen LogP contribution in [0.1, 0.15) is 37.8 Å². The molecule has 2 aromatic carbocycles. The molecule has 0 spiro atoms. The van der Waals surface area contributed by atoms with Gasteiger partial charge in [-0.25, -0.2) is 0 Å². The number of benzene rings is 2. The van der Waals surface area contributed by atoms with E-state index < -0.39 is 6.10 Å². The fourth-order valence-electron chi connectivity index (χ4n) is 3.17. The lowest BCUT2D eigenvalue weighted by molar-refractivity contribution is 0.125. The monoisotopic (exact) mass is 411 g/mol. The smallest absolute Gasteiger partial charge is 0.191 e. The number of aliphatic hydroxyl groups is 1. The summed E-state index contributed by atoms with van der Waals surface area (Å²) in [6.45, 7) is 9.44. The number of aliphatic hydroxyl groups excluding tert-OH is 1. The Balaban J connectivity index is 1.62. The maximum absolute atomic E-state index is 10.4. The van der Waals surface area contributed by atoms with Crippen LogP contribution in [0.25, 0.3) is 11.4 Å². The van der Waals surface area contributed by atoms with E-state index in [2.05, 4.69) is 60.7 Å². The highest BCUT2D eigenvalue weighted by molar-refractivity contribution is 7.99. The number of nitrogens with zero attached hydrogens (tertiary/aromatic N) is 3. The Bertz CT molecular complexity index is 939. The van der Waals surface area contributed by atoms with Crippen molar-refractivity contribution in [3.63, 3.8) is 0 Å². The number of hydrogen-bond donors (Lipinski definition) is 1. The number of rotatable bonds is 9. The molecule has 0 saturated carbocycles. The summed E-state index contributed by atoms with van der Waals surface area (Å²) in [5, 5.41) is 20.0. The van der Waals surface area contributed by atoms with Gasteiger partial charge in [0, 0.05) is 17.9 Å². The molecule has 6 heteroatoms. The number of aryl methyl sites for hydroxylation is 1. The van der Waals surface area contributed by atoms with Gasteiger partial charge >= 0.3 is 0 Å². The third-order valence-corrected chi connectivity index (χ3v) is 5.80. The highest BCUT2D eigenvalue weighted by Crippen LogP contribution is 2.27. The minimum Gasteiger partial charge on any atom is -0.491 e. The Labute approximate surface area is 177 Å². The van der Waals surface area contributed by atoms with E-state index in [1.807, 2.05) is 30.3 Å². The molecule has 154 valence electrons. The molecule has 5 nitrogen and oxygen atoms in total. The normalized spacial score (nSPS) is 12.3. The highest BCUT2D eigenvalue weighted by Gasteiger charge is 2.16. The largest absolute Gasteiger partial charge is 0.491 e. The minimum absolute atomic E-state index is 0.252. The standard InChI is InChI=1S/C23H29N3O2S/c1-5-26-22(18-10-8-9-17(4)13-18)24-25-23(26)29-15-19(27)14-28-21-12-7-6-11-20(21)16(2)3/h6-13,16,19,27H,5,14-15H2,1-4H3. The summed E-state index contributed by atoms with van der Waals surface area (Å²) in [6.07, 6.45) is -0.593. The molecule has 0 amide bonds. The lowest BCUT2D eigenvalue weighted by Crippen LogP contribution is -2.21. The molecule has 3 aromatic rings. The predicted octanol–water partition coefficient (Wildman–Crippen LogP) is 4.93. The molecule has 0 aliphatic rings. The first kappa shape index (κ1) is 21.4. The molecule has 1 unspecified atom stereocenters. The zero-order valence-electron chi connectivity index (χ0n) is 17.5. The van der Waals surface area contributed by atoms with E-state index in [9.17, 15) is 5.11 Å². The average Bonchev–Trinajstić information content (AvgIpc) is 3.13. The van der Waals surface area contributed by atoms with Gasteiger partial charge in [0.25, 0.3) is 0 Å². The van der Waals surface area contributed by atoms with E-state index in [0.717, 1.165) is 34.4 Å². The molecule has 1 heterocycles. The van der Waals surface area contributed by atoms with Crippen molar-refractivity contribution >= 4 is 11.8 Å². The number of hydrogen-bond acceptors (Lipinski definition) is 5. The molecule has 1 atom stereocenters. The van der Waals surface area contributed by atoms with Gasteiger partial charge in [0.15, 0.2) is 11.0 Å². The van der Waals surface area contributed by atoms with Gasteiger partial charge in [0.05, 0.1) is 6.10 Å². The molecule has 1 N–H and O–H groups in total. The highest BCUT2D eigenvalue weighted by atomic mass is 32.2. The Kier molecular flexibility index (Phi) is 7.34. The van der Waals surface area contributed by atoms with E-state index in [4.69, 9.17) is 4.74 Å². The van der Waals surface area contributed by atoms with Crippen LogP contribution in [0.2, 0.25) is 0 Å². The molecular formula is C23H29N3O2S. The van der Waals surface area contributed by atoms with Crippen molar-refractivity contribution in [2.24, 2.45) is 0 Å². The van der Waals surface area contributed by atoms with Crippen molar-refractivity contribution in [1.82, 2.24) is 14.8 Å². The minimum atomic E-state index is -0.593. The summed E-state index contributed by atoms with van der Waals surface area (Å²) < 4.78 is 7.97. The van der Waals surface area contributed by atoms with Gasteiger partial charge < -0.3 is 14.4 Å². The van der Waals surface area contributed by atoms with Crippen LogP contribution in [0.4, 0.5) is 0 Å². The van der Waals surface area contributed by atoms with E-state index in [-0.39, 0.29) is 6.61 Å². The third kappa shape index (κ3) is 5.40. The molecule has 0 bridgehead atoms. The molecule has 0 aliphatic heterocycles. The zero-order valence-corrected chi connectivity index (χ0v) is 18.3. The van der Waals surface area contributed by atoms with E-state index in [1.54, 1.807) is 0 Å². The number of ether oxygens (including phenoxy) is 1. The summed E-state index contributed by atoms with van der Waals surface area (Å²) in [5.74, 6) is 2.57. The second-order valence-corrected chi connectivity index (χ2v) is 8.38. The third-order valence-electron chi connectivity index (χ3n) is 4.69. The second-order valence-electron chi connectivity index (χ2n) is 7.39. The van der Waals surface area contributed by atoms with Crippen LogP contribution in [-0.4, -0.2) is 38.3 Å². The van der Waals surface area contributed by atoms with Gasteiger partial charge in [-0.15, -0.1) is 10.2 Å². The van der Waals surface area contributed by atoms with Crippen molar-refractivity contribution in [1.29, 1.82) is 0 Å². The summed E-state index contributed by atoms with van der Waals surface area (Å²) >= 11 is 1.50. The molecule has 29 heavy (non-hydrogen) atoms. The van der Waals surface area contributed by atoms with Gasteiger partial charge in [0.2, 0.25) is 0 Å². The van der Waals surface area contributed by atoms with Gasteiger partial charge in [-0.2, -0.15) is 0 Å². The quantitative estimate of drug-likeness (QED) is 0.506. The van der Waals surface area contributed by atoms with Crippen LogP contribution in [0.15, 0.2) is 53.7 Å². The van der Waals surface area contributed by atoms with E-state index >= 15 is 0 Å². The molecule has 0 saturated heterocycles. The van der Waals surface area contributed by atoms with Crippen molar-refractivity contribution < 1.29 is 9.84 Å². The maximum Gasteiger partial charge on any atom is 0.191 e. The molecular weight excluding hydrogens is 382 g/mol. The van der Waals surface area contributed by atoms with Gasteiger partial charge in [-0.05, 0) is 37.5 Å². The van der Waals surface area contributed by atoms with Gasteiger partial charge in [-0.1, -0.05) is 67.6 Å². The number of thioether (sulfide) groups is 1. The fraction of sp³-hybridized carbons (Fsp3) is 0.391. The van der Waals surface area contributed by atoms with Crippen molar-refractivity contribution in [3.8, 4) is 17.1 Å². The molecule has 0 fully saturated rings. The summed E-state index contributed by atoms with van der Waals surface area (Å²) in [4.78, 5) is 0. The summed E-state index contributed by atoms with van der Waals surface area (Å²) in [7, 11) is 0. The van der Waals surface area contributed by atoms with Crippen LogP contribution >= 0.6 is 11.8 Å². The first-order chi connectivity index (χ1) is 14.0. The number of para-hydroxylation sites is 1. The first-order valence-corrected chi connectivity index (χ1v) is 11.0. The van der Waals surface area contributed by atoms with Crippen molar-refractivity contribution in [3.05, 3.63) is 59.7 Å². The average molecular weight is 412 g/mol. The first-order valence-electron chi connectivity index (χ1n) is 10.0. The SMILES string of the molecule is CCn1c(SCC(O)COc2ccccc2C(C)C)nnc1-c1cccc(C)c1. The van der Waals surface area contributed by atoms with Gasteiger partial charge in [-0.3, -0.25) is 0 Å². The Morgan fingerprint density at radius 2 is 1.90 bits per heavy atom. The van der Waals surface area contributed by atoms with Crippen LogP contribution in [0.5, 0.6) is 5.75 Å². The van der Waals surface area contributed by atoms with Crippen LogP contribution < -0.4 is 4.74 Å². The lowest BCUT2D eigenvalue weighted by Gasteiger charge is -2.16. The fourth-order valence-corrected chi connectivity index (χ4v) is 4.08. The number of aromatic nitrogens is 3. The molecule has 3 rings (SSSR count). The van der Waals surface area contributed by atoms with Crippen molar-refractivity contribution in [2.45, 2.75) is 51.4 Å². The summed E-state index contributed by atoms with van der Waals surface area (Å²) in [6, 6.07) is 16.2. The van der Waals surface area contributed by atoms with Crippen molar-refractivity contribution in [2.75, 3.05) is 12.4 Å². The van der Waals surface area contributed by atoms with Crippen LogP contribution in [0.3, 0.4) is 0 Å². The Morgan fingerprint density at radius 1 is 1.10 bits per heavy atom. The van der Waals surface area contributed by atoms with Crippen LogP contribution in [-0.2, 0) is 6.54 Å². The topological polar surface area (TPSA) is 60.2 Å². The van der Waals surface area contributed by atoms with E-state index in [1.165, 1.54) is 17.3 Å². The zero-order chi connectivity index (χ0) is 20.8.